The first-order valence-electron chi connectivity index (χ1n) is 17.5. The summed E-state index contributed by atoms with van der Waals surface area (Å²) in [6.45, 7) is 5.51. The average Bonchev–Trinajstić information content (AvgIpc) is 3.16. The van der Waals surface area contributed by atoms with Crippen LogP contribution in [0.4, 0.5) is 15.9 Å². The quantitative estimate of drug-likeness (QED) is 0.160. The highest BCUT2D eigenvalue weighted by Crippen LogP contribution is 2.36. The van der Waals surface area contributed by atoms with Gasteiger partial charge in [-0.1, -0.05) is 12.1 Å². The second-order valence-corrected chi connectivity index (χ2v) is 13.3. The molecule has 2 aliphatic heterocycles. The van der Waals surface area contributed by atoms with Crippen molar-refractivity contribution < 1.29 is 33.2 Å². The molecular weight excluding hydrogens is 681 g/mol. The van der Waals surface area contributed by atoms with Gasteiger partial charge in [0.2, 0.25) is 5.43 Å². The summed E-state index contributed by atoms with van der Waals surface area (Å²) in [4.78, 5) is 36.1. The van der Waals surface area contributed by atoms with Crippen LogP contribution in [0.1, 0.15) is 28.8 Å². The van der Waals surface area contributed by atoms with Gasteiger partial charge in [0.25, 0.3) is 5.91 Å². The number of anilines is 2. The number of phenols is 1. The van der Waals surface area contributed by atoms with E-state index < -0.39 is 17.2 Å². The Labute approximate surface area is 305 Å². The van der Waals surface area contributed by atoms with E-state index in [9.17, 15) is 14.7 Å². The van der Waals surface area contributed by atoms with Crippen LogP contribution in [0.3, 0.4) is 0 Å². The van der Waals surface area contributed by atoms with Crippen molar-refractivity contribution in [1.29, 1.82) is 0 Å². The molecule has 0 radical (unpaired) electrons. The highest BCUT2D eigenvalue weighted by atomic mass is 19.1. The fraction of sp³-hybridized carbons (Fsp3) is 0.300. The molecule has 13 heteroatoms. The van der Waals surface area contributed by atoms with Gasteiger partial charge < -0.3 is 39.7 Å². The summed E-state index contributed by atoms with van der Waals surface area (Å²) in [6, 6.07) is 14.4. The molecule has 0 aliphatic carbocycles. The lowest BCUT2D eigenvalue weighted by atomic mass is 9.99. The van der Waals surface area contributed by atoms with Crippen LogP contribution in [0.2, 0.25) is 0 Å². The largest absolute Gasteiger partial charge is 0.504 e. The predicted molar refractivity (Wildman–Crippen MR) is 197 cm³/mol. The highest BCUT2D eigenvalue weighted by molar-refractivity contribution is 6.04. The number of aromatic hydroxyl groups is 1. The summed E-state index contributed by atoms with van der Waals surface area (Å²) in [5, 5.41) is 13.4. The Balaban J connectivity index is 1.11. The van der Waals surface area contributed by atoms with Gasteiger partial charge in [-0.25, -0.2) is 9.37 Å². The number of nitrogen functional groups attached to an aromatic ring is 1. The van der Waals surface area contributed by atoms with Gasteiger partial charge >= 0.3 is 0 Å². The van der Waals surface area contributed by atoms with E-state index in [1.165, 1.54) is 30.5 Å². The van der Waals surface area contributed by atoms with E-state index in [1.807, 2.05) is 17.6 Å². The number of nitrogens with zero attached hydrogens (tertiary/aromatic N) is 3. The van der Waals surface area contributed by atoms with Gasteiger partial charge in [0, 0.05) is 66.9 Å². The van der Waals surface area contributed by atoms with Gasteiger partial charge in [-0.2, -0.15) is 0 Å². The minimum atomic E-state index is -0.674. The zero-order valence-electron chi connectivity index (χ0n) is 29.2. The third-order valence-corrected chi connectivity index (χ3v) is 9.36. The fourth-order valence-corrected chi connectivity index (χ4v) is 6.43. The Bertz CT molecular complexity index is 2160. The maximum absolute atomic E-state index is 15.8. The SMILES string of the molecule is Cc1ccc(-c2cn(CC3CCOCC3)cc(C(=O)Nc3ccc(-c4cc(-c5ccc(OCC6COCCO6)c(O)c5)cnc4N)c(F)c3)c2=O)nc1. The zero-order valence-corrected chi connectivity index (χ0v) is 29.2. The van der Waals surface area contributed by atoms with Crippen LogP contribution in [0, 0.1) is 18.7 Å². The number of hydrogen-bond acceptors (Lipinski definition) is 10. The van der Waals surface area contributed by atoms with Gasteiger partial charge in [0.1, 0.15) is 29.9 Å². The van der Waals surface area contributed by atoms with E-state index in [2.05, 4.69) is 15.3 Å². The summed E-state index contributed by atoms with van der Waals surface area (Å²) in [7, 11) is 0. The lowest BCUT2D eigenvalue weighted by molar-refractivity contribution is -0.101. The first-order chi connectivity index (χ1) is 25.7. The van der Waals surface area contributed by atoms with Crippen LogP contribution in [0.5, 0.6) is 11.5 Å². The molecule has 1 unspecified atom stereocenters. The van der Waals surface area contributed by atoms with E-state index in [0.29, 0.717) is 73.4 Å². The zero-order chi connectivity index (χ0) is 36.9. The second kappa shape index (κ2) is 15.9. The number of aromatic nitrogens is 3. The Morgan fingerprint density at radius 2 is 1.81 bits per heavy atom. The van der Waals surface area contributed by atoms with E-state index >= 15 is 4.39 Å². The van der Waals surface area contributed by atoms with E-state index in [0.717, 1.165) is 18.4 Å². The summed E-state index contributed by atoms with van der Waals surface area (Å²) < 4.78 is 39.9. The molecule has 5 heterocycles. The number of carbonyl (C=O) groups excluding carboxylic acids is 1. The molecule has 7 rings (SSSR count). The molecule has 274 valence electrons. The van der Waals surface area contributed by atoms with Crippen LogP contribution >= 0.6 is 0 Å². The van der Waals surface area contributed by atoms with Crippen molar-refractivity contribution in [3.63, 3.8) is 0 Å². The minimum absolute atomic E-state index is 0.0834. The van der Waals surface area contributed by atoms with E-state index in [-0.39, 0.29) is 46.8 Å². The number of phenolic OH excluding ortho intramolecular Hbond substituents is 1. The monoisotopic (exact) mass is 721 g/mol. The van der Waals surface area contributed by atoms with Gasteiger partial charge in [-0.15, -0.1) is 0 Å². The molecule has 4 N–H and O–H groups in total. The van der Waals surface area contributed by atoms with Crippen molar-refractivity contribution in [3.8, 4) is 45.0 Å². The van der Waals surface area contributed by atoms with Crippen molar-refractivity contribution in [3.05, 3.63) is 107 Å². The number of nitrogens with two attached hydrogens (primary N) is 1. The number of rotatable bonds is 10. The van der Waals surface area contributed by atoms with E-state index in [1.54, 1.807) is 42.9 Å². The maximum Gasteiger partial charge on any atom is 0.261 e. The Hall–Kier alpha value is -5.63. The van der Waals surface area contributed by atoms with Gasteiger partial charge in [0.15, 0.2) is 11.5 Å². The molecular formula is C40H40FN5O7. The number of carbonyl (C=O) groups is 1. The van der Waals surface area contributed by atoms with Gasteiger partial charge in [-0.05, 0) is 79.3 Å². The van der Waals surface area contributed by atoms with Crippen LogP contribution in [-0.2, 0) is 20.8 Å². The molecule has 2 aliphatic rings. The third kappa shape index (κ3) is 8.38. The van der Waals surface area contributed by atoms with Crippen molar-refractivity contribution >= 4 is 17.4 Å². The Morgan fingerprint density at radius 3 is 2.55 bits per heavy atom. The molecule has 5 aromatic rings. The van der Waals surface area contributed by atoms with Crippen LogP contribution in [-0.4, -0.2) is 71.3 Å². The first kappa shape index (κ1) is 35.8. The van der Waals surface area contributed by atoms with Crippen molar-refractivity contribution in [2.75, 3.05) is 50.7 Å². The second-order valence-electron chi connectivity index (χ2n) is 13.3. The molecule has 2 aromatic carbocycles. The van der Waals surface area contributed by atoms with Crippen molar-refractivity contribution in [1.82, 2.24) is 14.5 Å². The fourth-order valence-electron chi connectivity index (χ4n) is 6.43. The number of halogens is 1. The lowest BCUT2D eigenvalue weighted by Crippen LogP contribution is -2.33. The third-order valence-electron chi connectivity index (χ3n) is 9.36. The van der Waals surface area contributed by atoms with Crippen LogP contribution in [0.15, 0.2) is 84.2 Å². The number of aryl methyl sites for hydroxylation is 1. The molecule has 1 atom stereocenters. The lowest BCUT2D eigenvalue weighted by Gasteiger charge is -2.23. The molecule has 2 saturated heterocycles. The number of ether oxygens (including phenoxy) is 4. The highest BCUT2D eigenvalue weighted by Gasteiger charge is 2.21. The molecule has 1 amide bonds. The number of pyridine rings is 3. The molecule has 12 nitrogen and oxygen atoms in total. The smallest absolute Gasteiger partial charge is 0.261 e. The molecule has 0 spiro atoms. The first-order valence-corrected chi connectivity index (χ1v) is 17.5. The predicted octanol–water partition coefficient (Wildman–Crippen LogP) is 5.85. The van der Waals surface area contributed by atoms with Crippen molar-refractivity contribution in [2.24, 2.45) is 5.92 Å². The number of hydrogen-bond donors (Lipinski definition) is 3. The number of amides is 1. The molecule has 0 saturated carbocycles. The Morgan fingerprint density at radius 1 is 0.962 bits per heavy atom. The van der Waals surface area contributed by atoms with Crippen LogP contribution in [0.25, 0.3) is 33.5 Å². The number of benzene rings is 2. The Kier molecular flexibility index (Phi) is 10.8. The molecule has 0 bridgehead atoms. The normalized spacial score (nSPS) is 16.3. The van der Waals surface area contributed by atoms with E-state index in [4.69, 9.17) is 24.7 Å². The molecule has 3 aromatic heterocycles. The summed E-state index contributed by atoms with van der Waals surface area (Å²) in [6.07, 6.45) is 8.01. The van der Waals surface area contributed by atoms with Gasteiger partial charge in [-0.3, -0.25) is 14.6 Å². The molecule has 53 heavy (non-hydrogen) atoms. The molecule has 2 fully saturated rings. The summed E-state index contributed by atoms with van der Waals surface area (Å²) in [5.41, 5.74) is 9.16. The summed E-state index contributed by atoms with van der Waals surface area (Å²) >= 11 is 0. The summed E-state index contributed by atoms with van der Waals surface area (Å²) in [5.74, 6) is -0.721. The number of nitrogens with one attached hydrogen (secondary N) is 1. The van der Waals surface area contributed by atoms with Crippen molar-refractivity contribution in [2.45, 2.75) is 32.4 Å². The minimum Gasteiger partial charge on any atom is -0.504 e. The standard InChI is InChI=1S/C40H40FN5O7/c1-24-2-6-35(43-17-24)32-20-46(19-25-8-10-50-11-9-25)21-33(38(32)48)40(49)45-28-4-5-30(34(41)16-28)31-14-27(18-44-39(31)42)26-3-7-37(36(47)15-26)53-23-29-22-51-12-13-52-29/h2-7,14-18,20-21,25,29,47H,8-13,19,22-23H2,1H3,(H2,42,44)(H,45,49). The maximum atomic E-state index is 15.8. The van der Waals surface area contributed by atoms with Gasteiger partial charge in [0.05, 0.1) is 31.1 Å². The topological polar surface area (TPSA) is 160 Å². The van der Waals surface area contributed by atoms with Crippen LogP contribution < -0.4 is 21.2 Å². The average molecular weight is 722 g/mol.